The Morgan fingerprint density at radius 1 is 1.26 bits per heavy atom. The van der Waals surface area contributed by atoms with Gasteiger partial charge in [-0.2, -0.15) is 0 Å². The van der Waals surface area contributed by atoms with Gasteiger partial charge in [0.05, 0.1) is 24.9 Å². The summed E-state index contributed by atoms with van der Waals surface area (Å²) < 4.78 is 16.8. The van der Waals surface area contributed by atoms with Crippen LogP contribution in [0.4, 0.5) is 5.13 Å². The first kappa shape index (κ1) is 20.9. The van der Waals surface area contributed by atoms with E-state index in [0.29, 0.717) is 29.7 Å². The molecule has 1 aromatic carbocycles. The highest BCUT2D eigenvalue weighted by atomic mass is 32.1. The predicted molar refractivity (Wildman–Crippen MR) is 116 cm³/mol. The van der Waals surface area contributed by atoms with Crippen LogP contribution in [-0.4, -0.2) is 35.6 Å². The summed E-state index contributed by atoms with van der Waals surface area (Å²) in [6.45, 7) is 4.78. The minimum Gasteiger partial charge on any atom is -0.488 e. The first-order valence-corrected chi connectivity index (χ1v) is 10.8. The molecule has 2 N–H and O–H groups in total. The molecule has 0 spiro atoms. The zero-order valence-corrected chi connectivity index (χ0v) is 18.1. The largest absolute Gasteiger partial charge is 0.488 e. The van der Waals surface area contributed by atoms with Gasteiger partial charge in [-0.05, 0) is 32.0 Å². The number of carbonyl (C=O) groups is 2. The molecule has 162 valence electrons. The van der Waals surface area contributed by atoms with E-state index in [1.54, 1.807) is 17.5 Å². The molecule has 9 heteroatoms. The number of thiazole rings is 1. The van der Waals surface area contributed by atoms with E-state index in [-0.39, 0.29) is 29.6 Å². The number of anilines is 1. The number of fused-ring (bicyclic) bond motifs is 1. The molecule has 31 heavy (non-hydrogen) atoms. The van der Waals surface area contributed by atoms with Gasteiger partial charge >= 0.3 is 0 Å². The number of nitrogens with zero attached hydrogens (tertiary/aromatic N) is 1. The van der Waals surface area contributed by atoms with Gasteiger partial charge in [-0.1, -0.05) is 12.1 Å². The average molecular weight is 442 g/mol. The molecule has 2 amide bonds. The molecule has 2 aromatic heterocycles. The molecule has 0 saturated carbocycles. The molecule has 1 aliphatic heterocycles. The number of nitrogens with one attached hydrogen (secondary N) is 2. The minimum atomic E-state index is -0.382. The van der Waals surface area contributed by atoms with Crippen LogP contribution in [0.2, 0.25) is 0 Å². The fourth-order valence-electron chi connectivity index (χ4n) is 3.29. The topological polar surface area (TPSA) is 103 Å². The van der Waals surface area contributed by atoms with Crippen LogP contribution in [0, 0.1) is 0 Å². The molecular formula is C22H23N3O5S. The summed E-state index contributed by atoms with van der Waals surface area (Å²) in [6, 6.07) is 9.06. The molecule has 0 unspecified atom stereocenters. The van der Waals surface area contributed by atoms with E-state index >= 15 is 0 Å². The predicted octanol–water partition coefficient (Wildman–Crippen LogP) is 3.44. The number of carbonyl (C=O) groups excluding carboxylic acids is 2. The Labute approximate surface area is 183 Å². The lowest BCUT2D eigenvalue weighted by atomic mass is 10.0. The average Bonchev–Trinajstić information content (AvgIpc) is 3.44. The zero-order valence-electron chi connectivity index (χ0n) is 17.3. The molecule has 3 aromatic rings. The minimum absolute atomic E-state index is 0.116. The van der Waals surface area contributed by atoms with Crippen molar-refractivity contribution < 1.29 is 23.5 Å². The van der Waals surface area contributed by atoms with E-state index < -0.39 is 0 Å². The normalized spacial score (nSPS) is 13.9. The molecule has 0 radical (unpaired) electrons. The summed E-state index contributed by atoms with van der Waals surface area (Å²) in [6.07, 6.45) is 2.38. The van der Waals surface area contributed by atoms with Crippen molar-refractivity contribution in [3.05, 3.63) is 59.0 Å². The van der Waals surface area contributed by atoms with Crippen LogP contribution in [0.15, 0.2) is 46.4 Å². The van der Waals surface area contributed by atoms with Gasteiger partial charge in [0.15, 0.2) is 22.4 Å². The fourth-order valence-corrected chi connectivity index (χ4v) is 4.00. The number of furan rings is 1. The van der Waals surface area contributed by atoms with Gasteiger partial charge in [-0.3, -0.25) is 14.9 Å². The Bertz CT molecular complexity index is 1070. The van der Waals surface area contributed by atoms with Crippen molar-refractivity contribution in [2.75, 3.05) is 18.5 Å². The number of rotatable bonds is 8. The van der Waals surface area contributed by atoms with Crippen molar-refractivity contribution in [1.29, 1.82) is 0 Å². The van der Waals surface area contributed by atoms with E-state index in [4.69, 9.17) is 13.9 Å². The molecule has 0 bridgehead atoms. The Kier molecular flexibility index (Phi) is 5.94. The van der Waals surface area contributed by atoms with Gasteiger partial charge in [0.2, 0.25) is 5.91 Å². The summed E-state index contributed by atoms with van der Waals surface area (Å²) in [7, 11) is 0. The fraction of sp³-hybridized carbons (Fsp3) is 0.318. The third-order valence-electron chi connectivity index (χ3n) is 4.60. The Morgan fingerprint density at radius 2 is 2.13 bits per heavy atom. The highest BCUT2D eigenvalue weighted by Gasteiger charge is 2.32. The summed E-state index contributed by atoms with van der Waals surface area (Å²) in [4.78, 5) is 28.4. The van der Waals surface area contributed by atoms with E-state index in [0.717, 1.165) is 17.7 Å². The lowest BCUT2D eigenvalue weighted by Crippen LogP contribution is -2.29. The molecule has 4 rings (SSSR count). The number of benzene rings is 1. The molecule has 0 saturated heterocycles. The van der Waals surface area contributed by atoms with Gasteiger partial charge in [-0.25, -0.2) is 4.98 Å². The number of aromatic nitrogens is 1. The van der Waals surface area contributed by atoms with E-state index in [1.807, 2.05) is 32.0 Å². The second-order valence-corrected chi connectivity index (χ2v) is 8.59. The van der Waals surface area contributed by atoms with Crippen molar-refractivity contribution in [2.24, 2.45) is 0 Å². The monoisotopic (exact) mass is 441 g/mol. The van der Waals surface area contributed by atoms with Crippen LogP contribution < -0.4 is 20.1 Å². The van der Waals surface area contributed by atoms with Crippen LogP contribution in [0.25, 0.3) is 0 Å². The van der Waals surface area contributed by atoms with Crippen LogP contribution in [-0.2, 0) is 17.6 Å². The van der Waals surface area contributed by atoms with Crippen molar-refractivity contribution in [3.8, 4) is 11.5 Å². The second-order valence-electron chi connectivity index (χ2n) is 7.73. The number of hydrogen-bond donors (Lipinski definition) is 2. The first-order chi connectivity index (χ1) is 14.9. The maximum atomic E-state index is 12.2. The standard InChI is InChI=1S/C22H23N3O5S/c1-22(2)12-14-5-3-6-16(19(14)30-22)29-10-8-23-18(26)11-15-13-31-21(24-15)25-20(27)17-7-4-9-28-17/h3-7,9,13H,8,10-12H2,1-2H3,(H,23,26)(H,24,25,27). The highest BCUT2D eigenvalue weighted by molar-refractivity contribution is 7.14. The first-order valence-electron chi connectivity index (χ1n) is 9.89. The number of ether oxygens (including phenoxy) is 2. The summed E-state index contributed by atoms with van der Waals surface area (Å²) in [5.41, 5.74) is 1.47. The SMILES string of the molecule is CC1(C)Cc2cccc(OCCNC(=O)Cc3csc(NC(=O)c4ccco4)n3)c2O1. The molecule has 3 heterocycles. The molecule has 8 nitrogen and oxygen atoms in total. The Morgan fingerprint density at radius 3 is 2.94 bits per heavy atom. The van der Waals surface area contributed by atoms with Crippen LogP contribution in [0.3, 0.4) is 0 Å². The van der Waals surface area contributed by atoms with E-state index in [2.05, 4.69) is 15.6 Å². The van der Waals surface area contributed by atoms with Crippen LogP contribution >= 0.6 is 11.3 Å². The van der Waals surface area contributed by atoms with Gasteiger partial charge in [0.1, 0.15) is 12.2 Å². The molecule has 0 aliphatic carbocycles. The smallest absolute Gasteiger partial charge is 0.293 e. The third kappa shape index (κ3) is 5.24. The Balaban J connectivity index is 1.21. The second kappa shape index (κ2) is 8.81. The lowest BCUT2D eigenvalue weighted by Gasteiger charge is -2.18. The summed E-state index contributed by atoms with van der Waals surface area (Å²) in [5, 5.41) is 7.61. The van der Waals surface area contributed by atoms with Crippen LogP contribution in [0.1, 0.15) is 35.7 Å². The van der Waals surface area contributed by atoms with Gasteiger partial charge in [-0.15, -0.1) is 11.3 Å². The maximum Gasteiger partial charge on any atom is 0.293 e. The van der Waals surface area contributed by atoms with Crippen molar-refractivity contribution in [3.63, 3.8) is 0 Å². The quantitative estimate of drug-likeness (QED) is 0.519. The Hall–Kier alpha value is -3.33. The van der Waals surface area contributed by atoms with Gasteiger partial charge < -0.3 is 19.2 Å². The number of para-hydroxylation sites is 1. The van der Waals surface area contributed by atoms with Gasteiger partial charge in [0, 0.05) is 17.4 Å². The van der Waals surface area contributed by atoms with E-state index in [9.17, 15) is 9.59 Å². The van der Waals surface area contributed by atoms with Crippen molar-refractivity contribution in [2.45, 2.75) is 32.3 Å². The molecule has 0 fully saturated rings. The lowest BCUT2D eigenvalue weighted by molar-refractivity contribution is -0.120. The number of hydrogen-bond acceptors (Lipinski definition) is 7. The number of amides is 2. The molecule has 1 aliphatic rings. The summed E-state index contributed by atoms with van der Waals surface area (Å²) in [5.74, 6) is 1.12. The molecule has 0 atom stereocenters. The summed E-state index contributed by atoms with van der Waals surface area (Å²) >= 11 is 1.25. The zero-order chi connectivity index (χ0) is 21.8. The van der Waals surface area contributed by atoms with Gasteiger partial charge in [0.25, 0.3) is 5.91 Å². The van der Waals surface area contributed by atoms with Crippen molar-refractivity contribution >= 4 is 28.3 Å². The van der Waals surface area contributed by atoms with E-state index in [1.165, 1.54) is 17.6 Å². The van der Waals surface area contributed by atoms with Crippen LogP contribution in [0.5, 0.6) is 11.5 Å². The van der Waals surface area contributed by atoms with Crippen molar-refractivity contribution in [1.82, 2.24) is 10.3 Å². The highest BCUT2D eigenvalue weighted by Crippen LogP contribution is 2.41. The maximum absolute atomic E-state index is 12.2. The third-order valence-corrected chi connectivity index (χ3v) is 5.40. The molecular weight excluding hydrogens is 418 g/mol.